The van der Waals surface area contributed by atoms with Crippen molar-refractivity contribution in [2.75, 3.05) is 13.1 Å². The summed E-state index contributed by atoms with van der Waals surface area (Å²) in [6, 6.07) is 0. The average molecular weight is 184 g/mol. The molecule has 0 amide bonds. The zero-order chi connectivity index (χ0) is 8.72. The van der Waals surface area contributed by atoms with Gasteiger partial charge in [0.05, 0.1) is 6.54 Å². The Morgan fingerprint density at radius 3 is 3.17 bits per heavy atom. The van der Waals surface area contributed by atoms with Gasteiger partial charge >= 0.3 is 5.97 Å². The molecule has 4 nitrogen and oxygen atoms in total. The van der Waals surface area contributed by atoms with E-state index >= 15 is 0 Å². The fourth-order valence-corrected chi connectivity index (χ4v) is 2.38. The Hall–Kier alpha value is -0.970. The minimum Gasteiger partial charge on any atom is -0.477 e. The summed E-state index contributed by atoms with van der Waals surface area (Å²) in [5.41, 5.74) is 0.399. The van der Waals surface area contributed by atoms with Crippen molar-refractivity contribution in [3.63, 3.8) is 0 Å². The summed E-state index contributed by atoms with van der Waals surface area (Å²) in [5.74, 6) is -0.855. The number of aliphatic imine (C=N–C) groups is 1. The van der Waals surface area contributed by atoms with Crippen LogP contribution in [0.3, 0.4) is 0 Å². The van der Waals surface area contributed by atoms with E-state index in [2.05, 4.69) is 4.99 Å². The molecule has 0 saturated heterocycles. The van der Waals surface area contributed by atoms with Crippen LogP contribution in [-0.4, -0.2) is 34.2 Å². The van der Waals surface area contributed by atoms with E-state index in [1.54, 1.807) is 4.90 Å². The highest BCUT2D eigenvalue weighted by Crippen LogP contribution is 2.35. The van der Waals surface area contributed by atoms with Crippen LogP contribution in [0.1, 0.15) is 6.92 Å². The largest absolute Gasteiger partial charge is 0.477 e. The van der Waals surface area contributed by atoms with Crippen molar-refractivity contribution < 1.29 is 9.90 Å². The van der Waals surface area contributed by atoms with Crippen molar-refractivity contribution in [3.8, 4) is 0 Å². The van der Waals surface area contributed by atoms with Gasteiger partial charge in [-0.15, -0.1) is 0 Å². The number of hydrogen-bond acceptors (Lipinski definition) is 4. The van der Waals surface area contributed by atoms with Crippen LogP contribution in [0.4, 0.5) is 0 Å². The number of allylic oxidation sites excluding steroid dienone is 1. The summed E-state index contributed by atoms with van der Waals surface area (Å²) >= 11 is 1.45. The van der Waals surface area contributed by atoms with Crippen molar-refractivity contribution >= 4 is 22.9 Å². The summed E-state index contributed by atoms with van der Waals surface area (Å²) in [5, 5.41) is 9.70. The van der Waals surface area contributed by atoms with Crippen LogP contribution in [0.25, 0.3) is 0 Å². The molecule has 2 heterocycles. The van der Waals surface area contributed by atoms with Gasteiger partial charge in [0.1, 0.15) is 5.70 Å². The lowest BCUT2D eigenvalue weighted by Gasteiger charge is -2.11. The molecule has 2 rings (SSSR count). The van der Waals surface area contributed by atoms with E-state index in [4.69, 9.17) is 5.11 Å². The first-order valence-electron chi connectivity index (χ1n) is 3.64. The van der Waals surface area contributed by atoms with Gasteiger partial charge in [-0.05, 0) is 6.92 Å². The van der Waals surface area contributed by atoms with Gasteiger partial charge in [-0.1, -0.05) is 11.8 Å². The second kappa shape index (κ2) is 2.52. The van der Waals surface area contributed by atoms with Crippen molar-refractivity contribution in [3.05, 3.63) is 10.6 Å². The summed E-state index contributed by atoms with van der Waals surface area (Å²) < 4.78 is 0. The van der Waals surface area contributed by atoms with Gasteiger partial charge in [0.2, 0.25) is 0 Å². The van der Waals surface area contributed by atoms with Crippen LogP contribution in [0, 0.1) is 0 Å². The first-order chi connectivity index (χ1) is 5.70. The molecule has 2 aliphatic heterocycles. The quantitative estimate of drug-likeness (QED) is 0.652. The first kappa shape index (κ1) is 7.67. The summed E-state index contributed by atoms with van der Waals surface area (Å²) in [4.78, 5) is 17.6. The van der Waals surface area contributed by atoms with E-state index in [0.29, 0.717) is 18.8 Å². The molecule has 0 spiro atoms. The molecule has 0 aliphatic carbocycles. The lowest BCUT2D eigenvalue weighted by Crippen LogP contribution is -2.25. The molecule has 2 aliphatic rings. The molecule has 0 fully saturated rings. The lowest BCUT2D eigenvalue weighted by molar-refractivity contribution is -0.133. The number of thioether (sulfide) groups is 1. The number of carbonyl (C=O) groups is 1. The van der Waals surface area contributed by atoms with Gasteiger partial charge in [0.15, 0.2) is 5.17 Å². The number of amidine groups is 1. The molecule has 1 N–H and O–H groups in total. The van der Waals surface area contributed by atoms with E-state index in [-0.39, 0.29) is 0 Å². The van der Waals surface area contributed by atoms with Crippen LogP contribution < -0.4 is 0 Å². The van der Waals surface area contributed by atoms with Crippen LogP contribution in [-0.2, 0) is 4.79 Å². The van der Waals surface area contributed by atoms with E-state index in [0.717, 1.165) is 10.1 Å². The Labute approximate surface area is 74.0 Å². The van der Waals surface area contributed by atoms with Crippen LogP contribution in [0.2, 0.25) is 0 Å². The third-order valence-corrected chi connectivity index (χ3v) is 2.88. The maximum atomic E-state index is 10.8. The predicted molar refractivity (Wildman–Crippen MR) is 46.9 cm³/mol. The molecular weight excluding hydrogens is 176 g/mol. The van der Waals surface area contributed by atoms with Gasteiger partial charge in [-0.3, -0.25) is 4.99 Å². The van der Waals surface area contributed by atoms with Crippen LogP contribution >= 0.6 is 11.8 Å². The molecule has 0 atom stereocenters. The van der Waals surface area contributed by atoms with Gasteiger partial charge in [-0.2, -0.15) is 0 Å². The number of hydrogen-bond donors (Lipinski definition) is 1. The zero-order valence-corrected chi connectivity index (χ0v) is 7.39. The zero-order valence-electron chi connectivity index (χ0n) is 6.57. The second-order valence-electron chi connectivity index (χ2n) is 2.63. The van der Waals surface area contributed by atoms with Gasteiger partial charge in [0.25, 0.3) is 0 Å². The van der Waals surface area contributed by atoms with Crippen molar-refractivity contribution in [1.82, 2.24) is 4.90 Å². The third kappa shape index (κ3) is 0.929. The minimum absolute atomic E-state index is 0.399. The van der Waals surface area contributed by atoms with Crippen molar-refractivity contribution in [2.24, 2.45) is 4.99 Å². The summed E-state index contributed by atoms with van der Waals surface area (Å²) in [6.07, 6.45) is 0. The minimum atomic E-state index is -0.855. The molecule has 12 heavy (non-hydrogen) atoms. The number of carboxylic acid groups (broad SMARTS) is 1. The number of aliphatic carboxylic acids is 1. The molecule has 0 radical (unpaired) electrons. The molecular formula is C7H8N2O2S. The van der Waals surface area contributed by atoms with Crippen molar-refractivity contribution in [1.29, 1.82) is 0 Å². The Morgan fingerprint density at radius 1 is 1.75 bits per heavy atom. The van der Waals surface area contributed by atoms with E-state index < -0.39 is 5.97 Å². The summed E-state index contributed by atoms with van der Waals surface area (Å²) in [7, 11) is 0. The monoisotopic (exact) mass is 184 g/mol. The number of rotatable bonds is 1. The van der Waals surface area contributed by atoms with Crippen LogP contribution in [0.5, 0.6) is 0 Å². The fraction of sp³-hybridized carbons (Fsp3) is 0.429. The normalized spacial score (nSPS) is 21.4. The maximum Gasteiger partial charge on any atom is 0.353 e. The SMILES string of the molecule is CC1=C(C(=O)O)N2CCN=C2S1. The molecule has 0 bridgehead atoms. The first-order valence-corrected chi connectivity index (χ1v) is 4.46. The van der Waals surface area contributed by atoms with Crippen molar-refractivity contribution in [2.45, 2.75) is 6.92 Å². The average Bonchev–Trinajstić information content (AvgIpc) is 2.44. The second-order valence-corrected chi connectivity index (χ2v) is 3.81. The van der Waals surface area contributed by atoms with E-state index in [1.165, 1.54) is 11.8 Å². The third-order valence-electron chi connectivity index (χ3n) is 1.85. The number of nitrogens with zero attached hydrogens (tertiary/aromatic N) is 2. The Kier molecular flexibility index (Phi) is 1.61. The van der Waals surface area contributed by atoms with Gasteiger partial charge in [-0.25, -0.2) is 4.79 Å². The van der Waals surface area contributed by atoms with Gasteiger partial charge < -0.3 is 10.0 Å². The molecule has 0 unspecified atom stereocenters. The fourth-order valence-electron chi connectivity index (χ4n) is 1.36. The van der Waals surface area contributed by atoms with Crippen LogP contribution in [0.15, 0.2) is 15.6 Å². The molecule has 0 aromatic carbocycles. The topological polar surface area (TPSA) is 52.9 Å². The summed E-state index contributed by atoms with van der Waals surface area (Å²) in [6.45, 7) is 3.24. The highest BCUT2D eigenvalue weighted by molar-refractivity contribution is 8.17. The number of fused-ring (bicyclic) bond motifs is 1. The Bertz CT molecular complexity index is 309. The molecule has 0 aromatic rings. The van der Waals surface area contributed by atoms with E-state index in [9.17, 15) is 4.79 Å². The predicted octanol–water partition coefficient (Wildman–Crippen LogP) is 0.721. The van der Waals surface area contributed by atoms with Gasteiger partial charge in [0, 0.05) is 11.4 Å². The molecule has 64 valence electrons. The Balaban J connectivity index is 2.36. The maximum absolute atomic E-state index is 10.8. The lowest BCUT2D eigenvalue weighted by atomic mass is 10.3. The highest BCUT2D eigenvalue weighted by Gasteiger charge is 2.33. The molecule has 0 aromatic heterocycles. The van der Waals surface area contributed by atoms with E-state index in [1.807, 2.05) is 6.92 Å². The molecule has 0 saturated carbocycles. The smallest absolute Gasteiger partial charge is 0.353 e. The highest BCUT2D eigenvalue weighted by atomic mass is 32.2. The molecule has 5 heteroatoms. The number of carboxylic acids is 1. The standard InChI is InChI=1S/C7H8N2O2S/c1-4-5(6(10)11)9-3-2-8-7(9)12-4/h2-3H2,1H3,(H,10,11). The Morgan fingerprint density at radius 2 is 2.50 bits per heavy atom.